The molecule has 4 heteroatoms. The fraction of sp³-hybridized carbons (Fsp3) is 0.300. The van der Waals surface area contributed by atoms with Gasteiger partial charge in [0, 0.05) is 6.42 Å². The average molecular weight is 192 g/mol. The Morgan fingerprint density at radius 1 is 1.43 bits per heavy atom. The molecule has 0 aliphatic carbocycles. The van der Waals surface area contributed by atoms with Crippen molar-refractivity contribution in [2.75, 3.05) is 6.54 Å². The summed E-state index contributed by atoms with van der Waals surface area (Å²) in [7, 11) is 0. The molecule has 4 nitrogen and oxygen atoms in total. The van der Waals surface area contributed by atoms with Gasteiger partial charge in [0.05, 0.1) is 5.56 Å². The Morgan fingerprint density at radius 2 is 2.21 bits per heavy atom. The van der Waals surface area contributed by atoms with Gasteiger partial charge < -0.3 is 15.8 Å². The molecule has 1 amide bonds. The first kappa shape index (κ1) is 9.02. The first-order valence-electron chi connectivity index (χ1n) is 4.58. The molecule has 1 aliphatic heterocycles. The highest BCUT2D eigenvalue weighted by molar-refractivity contribution is 5.97. The number of nitrogens with one attached hydrogen (secondary N) is 1. The van der Waals surface area contributed by atoms with E-state index in [0.717, 1.165) is 0 Å². The zero-order valence-corrected chi connectivity index (χ0v) is 7.69. The first-order valence-corrected chi connectivity index (χ1v) is 4.58. The molecule has 0 spiro atoms. The molecule has 0 bridgehead atoms. The van der Waals surface area contributed by atoms with Crippen molar-refractivity contribution in [1.29, 1.82) is 0 Å². The summed E-state index contributed by atoms with van der Waals surface area (Å²) in [5.74, 6) is 0.542. The summed E-state index contributed by atoms with van der Waals surface area (Å²) in [6.45, 7) is 0.493. The molecule has 1 unspecified atom stereocenters. The normalized spacial score (nSPS) is 19.5. The second-order valence-corrected chi connectivity index (χ2v) is 3.15. The number of hydrogen-bond donors (Lipinski definition) is 2. The fourth-order valence-corrected chi connectivity index (χ4v) is 1.45. The molecule has 3 N–H and O–H groups in total. The van der Waals surface area contributed by atoms with Gasteiger partial charge in [-0.1, -0.05) is 12.1 Å². The quantitative estimate of drug-likeness (QED) is 0.716. The number of carbonyl (C=O) groups excluding carboxylic acids is 1. The van der Waals surface area contributed by atoms with Crippen LogP contribution in [-0.4, -0.2) is 18.7 Å². The highest BCUT2D eigenvalue weighted by atomic mass is 16.5. The molecule has 2 rings (SSSR count). The van der Waals surface area contributed by atoms with Crippen LogP contribution < -0.4 is 15.8 Å². The maximum Gasteiger partial charge on any atom is 0.257 e. The minimum absolute atomic E-state index is 0.0923. The molecule has 1 aromatic rings. The largest absolute Gasteiger partial charge is 0.470 e. The second-order valence-electron chi connectivity index (χ2n) is 3.15. The van der Waals surface area contributed by atoms with Crippen LogP contribution in [0.5, 0.6) is 5.75 Å². The van der Waals surface area contributed by atoms with Crippen LogP contribution in [0.4, 0.5) is 0 Å². The summed E-state index contributed by atoms with van der Waals surface area (Å²) >= 11 is 0. The van der Waals surface area contributed by atoms with Gasteiger partial charge >= 0.3 is 0 Å². The molecule has 1 atom stereocenters. The lowest BCUT2D eigenvalue weighted by Crippen LogP contribution is -2.44. The molecule has 0 aromatic heterocycles. The van der Waals surface area contributed by atoms with Crippen molar-refractivity contribution in [2.24, 2.45) is 5.73 Å². The van der Waals surface area contributed by atoms with Crippen molar-refractivity contribution < 1.29 is 9.53 Å². The van der Waals surface area contributed by atoms with Gasteiger partial charge in [-0.25, -0.2) is 0 Å². The Bertz CT molecular complexity index is 352. The second kappa shape index (κ2) is 3.67. The van der Waals surface area contributed by atoms with E-state index in [9.17, 15) is 4.79 Å². The monoisotopic (exact) mass is 192 g/mol. The minimum atomic E-state index is -0.289. The number of hydrogen-bond acceptors (Lipinski definition) is 3. The van der Waals surface area contributed by atoms with E-state index in [2.05, 4.69) is 5.32 Å². The SMILES string of the molecule is NCCC1NC(=O)c2ccccc2O1. The molecule has 0 fully saturated rings. The van der Waals surface area contributed by atoms with E-state index in [1.807, 2.05) is 12.1 Å². The number of carbonyl (C=O) groups is 1. The Morgan fingerprint density at radius 3 is 3.00 bits per heavy atom. The van der Waals surface area contributed by atoms with Gasteiger partial charge in [-0.2, -0.15) is 0 Å². The van der Waals surface area contributed by atoms with Gasteiger partial charge in [0.25, 0.3) is 5.91 Å². The third kappa shape index (κ3) is 1.56. The van der Waals surface area contributed by atoms with Crippen molar-refractivity contribution in [2.45, 2.75) is 12.6 Å². The lowest BCUT2D eigenvalue weighted by atomic mass is 10.1. The summed E-state index contributed by atoms with van der Waals surface area (Å²) < 4.78 is 5.53. The molecule has 1 heterocycles. The zero-order chi connectivity index (χ0) is 9.97. The highest BCUT2D eigenvalue weighted by Gasteiger charge is 2.23. The lowest BCUT2D eigenvalue weighted by molar-refractivity contribution is 0.0745. The molecular weight excluding hydrogens is 180 g/mol. The van der Waals surface area contributed by atoms with Gasteiger partial charge in [-0.15, -0.1) is 0 Å². The molecule has 1 aromatic carbocycles. The van der Waals surface area contributed by atoms with Gasteiger partial charge in [0.15, 0.2) is 6.23 Å². The zero-order valence-electron chi connectivity index (χ0n) is 7.69. The Balaban J connectivity index is 2.24. The van der Waals surface area contributed by atoms with Crippen LogP contribution in [0.25, 0.3) is 0 Å². The highest BCUT2D eigenvalue weighted by Crippen LogP contribution is 2.22. The number of fused-ring (bicyclic) bond motifs is 1. The van der Waals surface area contributed by atoms with Crippen molar-refractivity contribution in [3.63, 3.8) is 0 Å². The Kier molecular flexibility index (Phi) is 2.37. The lowest BCUT2D eigenvalue weighted by Gasteiger charge is -2.26. The van der Waals surface area contributed by atoms with Crippen LogP contribution in [0, 0.1) is 0 Å². The van der Waals surface area contributed by atoms with Crippen LogP contribution >= 0.6 is 0 Å². The van der Waals surface area contributed by atoms with Crippen LogP contribution in [0.1, 0.15) is 16.8 Å². The number of amides is 1. The predicted octanol–water partition coefficient (Wildman–Crippen LogP) is 0.484. The van der Waals surface area contributed by atoms with Crippen LogP contribution in [0.2, 0.25) is 0 Å². The van der Waals surface area contributed by atoms with Gasteiger partial charge in [0.1, 0.15) is 5.75 Å². The van der Waals surface area contributed by atoms with E-state index >= 15 is 0 Å². The van der Waals surface area contributed by atoms with Crippen molar-refractivity contribution in [3.8, 4) is 5.75 Å². The molecule has 74 valence electrons. The molecule has 0 saturated heterocycles. The summed E-state index contributed by atoms with van der Waals surface area (Å²) in [5, 5.41) is 2.73. The van der Waals surface area contributed by atoms with Crippen molar-refractivity contribution >= 4 is 5.91 Å². The number of rotatable bonds is 2. The minimum Gasteiger partial charge on any atom is -0.470 e. The molecule has 14 heavy (non-hydrogen) atoms. The van der Waals surface area contributed by atoms with Crippen molar-refractivity contribution in [1.82, 2.24) is 5.32 Å². The van der Waals surface area contributed by atoms with E-state index in [1.165, 1.54) is 0 Å². The van der Waals surface area contributed by atoms with E-state index in [1.54, 1.807) is 12.1 Å². The Labute approximate surface area is 82.1 Å². The van der Waals surface area contributed by atoms with Gasteiger partial charge in [-0.3, -0.25) is 4.79 Å². The average Bonchev–Trinajstić information content (AvgIpc) is 2.18. The molecule has 0 radical (unpaired) electrons. The first-order chi connectivity index (χ1) is 6.81. The third-order valence-corrected chi connectivity index (χ3v) is 2.12. The van der Waals surface area contributed by atoms with Crippen LogP contribution in [-0.2, 0) is 0 Å². The number of nitrogens with two attached hydrogens (primary N) is 1. The fourth-order valence-electron chi connectivity index (χ4n) is 1.45. The standard InChI is InChI=1S/C10H12N2O2/c11-6-5-9-12-10(13)7-3-1-2-4-8(7)14-9/h1-4,9H,5-6,11H2,(H,12,13). The molecule has 1 aliphatic rings. The van der Waals surface area contributed by atoms with Crippen LogP contribution in [0.15, 0.2) is 24.3 Å². The Hall–Kier alpha value is -1.55. The topological polar surface area (TPSA) is 64.3 Å². The maximum absolute atomic E-state index is 11.5. The van der Waals surface area contributed by atoms with E-state index in [4.69, 9.17) is 10.5 Å². The summed E-state index contributed by atoms with van der Waals surface area (Å²) in [6, 6.07) is 7.18. The van der Waals surface area contributed by atoms with E-state index < -0.39 is 0 Å². The van der Waals surface area contributed by atoms with Gasteiger partial charge in [0.2, 0.25) is 0 Å². The predicted molar refractivity (Wildman–Crippen MR) is 52.0 cm³/mol. The summed E-state index contributed by atoms with van der Waals surface area (Å²) in [4.78, 5) is 11.5. The summed E-state index contributed by atoms with van der Waals surface area (Å²) in [6.07, 6.45) is 0.336. The number of benzene rings is 1. The molecule has 0 saturated carbocycles. The smallest absolute Gasteiger partial charge is 0.257 e. The van der Waals surface area contributed by atoms with Gasteiger partial charge in [-0.05, 0) is 18.7 Å². The van der Waals surface area contributed by atoms with E-state index in [0.29, 0.717) is 24.3 Å². The maximum atomic E-state index is 11.5. The summed E-state index contributed by atoms with van der Waals surface area (Å²) in [5.41, 5.74) is 5.98. The number of para-hydroxylation sites is 1. The van der Waals surface area contributed by atoms with Crippen LogP contribution in [0.3, 0.4) is 0 Å². The van der Waals surface area contributed by atoms with E-state index in [-0.39, 0.29) is 12.1 Å². The number of ether oxygens (including phenoxy) is 1. The molecular formula is C10H12N2O2. The third-order valence-electron chi connectivity index (χ3n) is 2.12. The van der Waals surface area contributed by atoms with Crippen molar-refractivity contribution in [3.05, 3.63) is 29.8 Å².